The topological polar surface area (TPSA) is 38.3 Å². The van der Waals surface area contributed by atoms with Gasteiger partial charge in [0.25, 0.3) is 0 Å². The maximum atomic E-state index is 10.7. The molecular formula is C10H23NO2. The smallest absolute Gasteiger partial charge is 0.158 e. The number of carbonyl (C=O) groups is 1. The molecule has 0 saturated carbocycles. The van der Waals surface area contributed by atoms with Gasteiger partial charge in [-0.3, -0.25) is 4.79 Å². The third-order valence-electron chi connectivity index (χ3n) is 1.33. The van der Waals surface area contributed by atoms with Crippen LogP contribution in [0.25, 0.3) is 0 Å². The third kappa shape index (κ3) is 14.4. The summed E-state index contributed by atoms with van der Waals surface area (Å²) in [4.78, 5) is 10.7. The average Bonchev–Trinajstić information content (AvgIpc) is 2.20. The predicted molar refractivity (Wildman–Crippen MR) is 56.0 cm³/mol. The maximum absolute atomic E-state index is 10.7. The van der Waals surface area contributed by atoms with Gasteiger partial charge in [0.15, 0.2) is 5.78 Å². The largest absolute Gasteiger partial charge is 0.372 e. The molecule has 0 radical (unpaired) electrons. The number of carbonyl (C=O) groups excluding carboxylic acids is 1. The summed E-state index contributed by atoms with van der Waals surface area (Å²) in [5.41, 5.74) is 0. The van der Waals surface area contributed by atoms with Crippen molar-refractivity contribution < 1.29 is 9.53 Å². The Morgan fingerprint density at radius 3 is 2.38 bits per heavy atom. The summed E-state index contributed by atoms with van der Waals surface area (Å²) < 4.78 is 5.08. The quantitative estimate of drug-likeness (QED) is 0.618. The van der Waals surface area contributed by atoms with Crippen LogP contribution >= 0.6 is 0 Å². The lowest BCUT2D eigenvalue weighted by molar-refractivity contribution is -0.123. The monoisotopic (exact) mass is 189 g/mol. The molecule has 0 heterocycles. The highest BCUT2D eigenvalue weighted by molar-refractivity contribution is 5.79. The van der Waals surface area contributed by atoms with Gasteiger partial charge in [0.05, 0.1) is 6.61 Å². The van der Waals surface area contributed by atoms with E-state index in [1.807, 2.05) is 27.7 Å². The second-order valence-corrected chi connectivity index (χ2v) is 2.30. The van der Waals surface area contributed by atoms with Crippen LogP contribution in [0.1, 0.15) is 34.1 Å². The van der Waals surface area contributed by atoms with Crippen LogP contribution in [0.4, 0.5) is 0 Å². The van der Waals surface area contributed by atoms with E-state index in [0.717, 1.165) is 13.1 Å². The molecule has 0 aromatic carbocycles. The molecule has 0 aromatic heterocycles. The van der Waals surface area contributed by atoms with Crippen molar-refractivity contribution in [2.45, 2.75) is 34.1 Å². The summed E-state index contributed by atoms with van der Waals surface area (Å²) in [6.45, 7) is 10.5. The maximum Gasteiger partial charge on any atom is 0.158 e. The zero-order chi connectivity index (χ0) is 10.5. The number of nitrogens with one attached hydrogen (secondary N) is 1. The van der Waals surface area contributed by atoms with Crippen molar-refractivity contribution in [3.63, 3.8) is 0 Å². The highest BCUT2D eigenvalue weighted by Crippen LogP contribution is 1.81. The summed E-state index contributed by atoms with van der Waals surface area (Å²) in [6.07, 6.45) is 0.571. The van der Waals surface area contributed by atoms with Gasteiger partial charge in [-0.15, -0.1) is 0 Å². The van der Waals surface area contributed by atoms with Crippen LogP contribution in [-0.2, 0) is 9.53 Å². The van der Waals surface area contributed by atoms with Crippen molar-refractivity contribution in [1.82, 2.24) is 5.32 Å². The molecule has 0 spiro atoms. The molecule has 0 unspecified atom stereocenters. The molecular weight excluding hydrogens is 166 g/mol. The van der Waals surface area contributed by atoms with Gasteiger partial charge in [0.1, 0.15) is 6.61 Å². The number of ether oxygens (including phenoxy) is 1. The van der Waals surface area contributed by atoms with Crippen LogP contribution in [0.15, 0.2) is 0 Å². The molecule has 0 fully saturated rings. The molecule has 0 bridgehead atoms. The van der Waals surface area contributed by atoms with E-state index in [0.29, 0.717) is 13.0 Å². The first-order valence-corrected chi connectivity index (χ1v) is 5.11. The Balaban J connectivity index is 0. The van der Waals surface area contributed by atoms with Crippen LogP contribution in [0.2, 0.25) is 0 Å². The van der Waals surface area contributed by atoms with Crippen molar-refractivity contribution in [1.29, 1.82) is 0 Å². The summed E-state index contributed by atoms with van der Waals surface area (Å²) in [5.74, 6) is 0.168. The Hall–Kier alpha value is -0.410. The van der Waals surface area contributed by atoms with Crippen LogP contribution in [0.3, 0.4) is 0 Å². The molecule has 0 saturated heterocycles. The number of ketones is 1. The average molecular weight is 189 g/mol. The van der Waals surface area contributed by atoms with Crippen LogP contribution in [0.5, 0.6) is 0 Å². The highest BCUT2D eigenvalue weighted by atomic mass is 16.5. The first-order chi connectivity index (χ1) is 6.31. The van der Waals surface area contributed by atoms with E-state index in [1.165, 1.54) is 0 Å². The molecule has 3 nitrogen and oxygen atoms in total. The molecule has 3 heteroatoms. The molecule has 0 aliphatic heterocycles. The molecule has 1 N–H and O–H groups in total. The highest BCUT2D eigenvalue weighted by Gasteiger charge is 1.95. The second-order valence-electron chi connectivity index (χ2n) is 2.30. The molecule has 0 rings (SSSR count). The molecule has 0 aliphatic rings. The molecule has 0 amide bonds. The SMILES string of the molecule is CC.CCNCCOCC(=O)CC. The van der Waals surface area contributed by atoms with Crippen molar-refractivity contribution in [2.24, 2.45) is 0 Å². The summed E-state index contributed by atoms with van der Waals surface area (Å²) >= 11 is 0. The van der Waals surface area contributed by atoms with Crippen molar-refractivity contribution in [3.05, 3.63) is 0 Å². The summed E-state index contributed by atoms with van der Waals surface area (Å²) in [7, 11) is 0. The minimum Gasteiger partial charge on any atom is -0.372 e. The minimum atomic E-state index is 0.168. The Morgan fingerprint density at radius 1 is 1.31 bits per heavy atom. The molecule has 80 valence electrons. The van der Waals surface area contributed by atoms with Gasteiger partial charge < -0.3 is 10.1 Å². The van der Waals surface area contributed by atoms with Crippen molar-refractivity contribution in [2.75, 3.05) is 26.3 Å². The van der Waals surface area contributed by atoms with Gasteiger partial charge in [0.2, 0.25) is 0 Å². The lowest BCUT2D eigenvalue weighted by Gasteiger charge is -2.02. The van der Waals surface area contributed by atoms with Gasteiger partial charge in [-0.1, -0.05) is 27.7 Å². The van der Waals surface area contributed by atoms with Crippen LogP contribution in [-0.4, -0.2) is 32.1 Å². The van der Waals surface area contributed by atoms with Gasteiger partial charge in [-0.2, -0.15) is 0 Å². The van der Waals surface area contributed by atoms with E-state index >= 15 is 0 Å². The predicted octanol–water partition coefficient (Wildman–Crippen LogP) is 1.62. The van der Waals surface area contributed by atoms with Gasteiger partial charge in [0, 0.05) is 13.0 Å². The van der Waals surface area contributed by atoms with Gasteiger partial charge in [-0.25, -0.2) is 0 Å². The number of likely N-dealkylation sites (N-methyl/N-ethyl adjacent to an activating group) is 1. The van der Waals surface area contributed by atoms with Gasteiger partial charge in [-0.05, 0) is 6.54 Å². The Kier molecular flexibility index (Phi) is 16.4. The van der Waals surface area contributed by atoms with E-state index in [4.69, 9.17) is 4.74 Å². The summed E-state index contributed by atoms with van der Waals surface area (Å²) in [5, 5.41) is 3.10. The number of hydrogen-bond donors (Lipinski definition) is 1. The molecule has 13 heavy (non-hydrogen) atoms. The minimum absolute atomic E-state index is 0.168. The standard InChI is InChI=1S/C8H17NO2.C2H6/c1-3-8(10)7-11-6-5-9-4-2;1-2/h9H,3-7H2,1-2H3;1-2H3. The number of hydrogen-bond acceptors (Lipinski definition) is 3. The second kappa shape index (κ2) is 14.1. The van der Waals surface area contributed by atoms with Crippen LogP contribution < -0.4 is 5.32 Å². The third-order valence-corrected chi connectivity index (χ3v) is 1.33. The lowest BCUT2D eigenvalue weighted by atomic mass is 10.3. The molecule has 0 aliphatic carbocycles. The Morgan fingerprint density at radius 2 is 1.92 bits per heavy atom. The molecule has 0 aromatic rings. The van der Waals surface area contributed by atoms with Crippen molar-refractivity contribution in [3.8, 4) is 0 Å². The number of Topliss-reactive ketones (excluding diaryl/α,β-unsaturated/α-hetero) is 1. The zero-order valence-corrected chi connectivity index (χ0v) is 9.35. The lowest BCUT2D eigenvalue weighted by Crippen LogP contribution is -2.20. The van der Waals surface area contributed by atoms with Crippen molar-refractivity contribution >= 4 is 5.78 Å². The number of rotatable bonds is 7. The fourth-order valence-electron chi connectivity index (χ4n) is 0.609. The zero-order valence-electron chi connectivity index (χ0n) is 9.35. The summed E-state index contributed by atoms with van der Waals surface area (Å²) in [6, 6.07) is 0. The molecule has 0 atom stereocenters. The Labute approximate surface area is 81.9 Å². The Bertz CT molecular complexity index is 105. The van der Waals surface area contributed by atoms with E-state index in [1.54, 1.807) is 0 Å². The first kappa shape index (κ1) is 15.1. The first-order valence-electron chi connectivity index (χ1n) is 5.11. The van der Waals surface area contributed by atoms with E-state index in [9.17, 15) is 4.79 Å². The van der Waals surface area contributed by atoms with E-state index < -0.39 is 0 Å². The van der Waals surface area contributed by atoms with Crippen LogP contribution in [0, 0.1) is 0 Å². The van der Waals surface area contributed by atoms with Gasteiger partial charge >= 0.3 is 0 Å². The fraction of sp³-hybridized carbons (Fsp3) is 0.900. The fourth-order valence-corrected chi connectivity index (χ4v) is 0.609. The normalized spacial score (nSPS) is 8.92. The van der Waals surface area contributed by atoms with E-state index in [2.05, 4.69) is 5.32 Å². The van der Waals surface area contributed by atoms with E-state index in [-0.39, 0.29) is 12.4 Å².